The molecule has 0 aliphatic rings. The average molecular weight is 409 g/mol. The van der Waals surface area contributed by atoms with Crippen LogP contribution in [0.15, 0.2) is 59.1 Å². The van der Waals surface area contributed by atoms with E-state index in [0.29, 0.717) is 22.8 Å². The molecule has 2 aromatic carbocycles. The predicted molar refractivity (Wildman–Crippen MR) is 108 cm³/mol. The molecule has 1 N–H and O–H groups in total. The van der Waals surface area contributed by atoms with E-state index in [1.807, 2.05) is 13.0 Å². The molecule has 1 amide bonds. The molecule has 0 saturated carbocycles. The minimum Gasteiger partial charge on any atom is -0.434 e. The number of aromatic nitrogens is 2. The first kappa shape index (κ1) is 18.6. The van der Waals surface area contributed by atoms with Gasteiger partial charge in [-0.05, 0) is 48.9 Å². The highest BCUT2D eigenvalue weighted by atomic mass is 35.5. The summed E-state index contributed by atoms with van der Waals surface area (Å²) < 4.78 is 5.71. The summed E-state index contributed by atoms with van der Waals surface area (Å²) in [5, 5.41) is 13.8. The van der Waals surface area contributed by atoms with Gasteiger partial charge in [-0.2, -0.15) is 4.98 Å². The Labute approximate surface area is 169 Å². The number of nitrogens with one attached hydrogen (secondary N) is 1. The van der Waals surface area contributed by atoms with Crippen molar-refractivity contribution in [2.45, 2.75) is 6.92 Å². The first-order valence-electron chi connectivity index (χ1n) is 8.50. The van der Waals surface area contributed by atoms with E-state index in [0.717, 1.165) is 17.2 Å². The third-order valence-electron chi connectivity index (χ3n) is 4.29. The maximum Gasteiger partial charge on any atom is 0.270 e. The SMILES string of the molecule is Cc1cc(-c2nc3ncccc3o2)ccc1NC(=O)c1cc([N+](=O)[O-])ccc1Cl. The van der Waals surface area contributed by atoms with Gasteiger partial charge >= 0.3 is 0 Å². The van der Waals surface area contributed by atoms with Crippen molar-refractivity contribution in [3.63, 3.8) is 0 Å². The molecule has 0 aliphatic heterocycles. The number of hydrogen-bond donors (Lipinski definition) is 1. The highest BCUT2D eigenvalue weighted by molar-refractivity contribution is 6.34. The van der Waals surface area contributed by atoms with Gasteiger partial charge in [0.05, 0.1) is 15.5 Å². The van der Waals surface area contributed by atoms with Crippen molar-refractivity contribution in [2.75, 3.05) is 5.32 Å². The number of benzene rings is 2. The van der Waals surface area contributed by atoms with Crippen molar-refractivity contribution in [3.05, 3.63) is 81.0 Å². The maximum absolute atomic E-state index is 12.6. The molecule has 0 fully saturated rings. The Bertz CT molecular complexity index is 1240. The Morgan fingerprint density at radius 3 is 2.76 bits per heavy atom. The number of pyridine rings is 1. The monoisotopic (exact) mass is 408 g/mol. The normalized spacial score (nSPS) is 10.8. The molecule has 4 rings (SSSR count). The molecule has 9 heteroatoms. The summed E-state index contributed by atoms with van der Waals surface area (Å²) in [5.74, 6) is -0.123. The second kappa shape index (κ2) is 7.33. The number of nitro benzene ring substituents is 1. The Morgan fingerprint density at radius 1 is 1.21 bits per heavy atom. The summed E-state index contributed by atoms with van der Waals surface area (Å²) in [6, 6.07) is 12.5. The van der Waals surface area contributed by atoms with Crippen molar-refractivity contribution in [2.24, 2.45) is 0 Å². The zero-order valence-corrected chi connectivity index (χ0v) is 15.8. The van der Waals surface area contributed by atoms with E-state index in [1.165, 1.54) is 12.1 Å². The topological polar surface area (TPSA) is 111 Å². The lowest BCUT2D eigenvalue weighted by molar-refractivity contribution is -0.384. The minimum absolute atomic E-state index is 0.0226. The van der Waals surface area contributed by atoms with Crippen LogP contribution < -0.4 is 5.32 Å². The number of aryl methyl sites for hydroxylation is 1. The lowest BCUT2D eigenvalue weighted by Gasteiger charge is -2.10. The number of carbonyl (C=O) groups is 1. The third kappa shape index (κ3) is 3.65. The second-order valence-corrected chi connectivity index (χ2v) is 6.66. The fourth-order valence-electron chi connectivity index (χ4n) is 2.82. The third-order valence-corrected chi connectivity index (χ3v) is 4.62. The van der Waals surface area contributed by atoms with Gasteiger partial charge in [0, 0.05) is 29.6 Å². The molecule has 0 aliphatic carbocycles. The number of fused-ring (bicyclic) bond motifs is 1. The Morgan fingerprint density at radius 2 is 2.03 bits per heavy atom. The zero-order valence-electron chi connectivity index (χ0n) is 15.0. The van der Waals surface area contributed by atoms with Crippen LogP contribution in [0.2, 0.25) is 5.02 Å². The number of anilines is 1. The van der Waals surface area contributed by atoms with Crippen LogP contribution in [0.4, 0.5) is 11.4 Å². The molecule has 2 aromatic heterocycles. The van der Waals surface area contributed by atoms with Gasteiger partial charge in [0.1, 0.15) is 0 Å². The van der Waals surface area contributed by atoms with E-state index in [9.17, 15) is 14.9 Å². The Kier molecular flexibility index (Phi) is 4.69. The predicted octanol–water partition coefficient (Wildman–Crippen LogP) is 5.01. The largest absolute Gasteiger partial charge is 0.434 e. The van der Waals surface area contributed by atoms with Crippen molar-refractivity contribution in [1.29, 1.82) is 0 Å². The quantitative estimate of drug-likeness (QED) is 0.375. The van der Waals surface area contributed by atoms with Gasteiger partial charge in [0.2, 0.25) is 5.89 Å². The lowest BCUT2D eigenvalue weighted by atomic mass is 10.1. The molecule has 2 heterocycles. The van der Waals surface area contributed by atoms with Crippen LogP contribution in [-0.2, 0) is 0 Å². The smallest absolute Gasteiger partial charge is 0.270 e. The Hall–Kier alpha value is -3.78. The molecule has 144 valence electrons. The number of hydrogen-bond acceptors (Lipinski definition) is 6. The van der Waals surface area contributed by atoms with Crippen LogP contribution in [0.25, 0.3) is 22.7 Å². The summed E-state index contributed by atoms with van der Waals surface area (Å²) >= 11 is 6.04. The summed E-state index contributed by atoms with van der Waals surface area (Å²) in [5.41, 5.74) is 2.93. The molecular weight excluding hydrogens is 396 g/mol. The number of carbonyl (C=O) groups excluding carboxylic acids is 1. The molecular formula is C20H13ClN4O4. The fraction of sp³-hybridized carbons (Fsp3) is 0.0500. The summed E-state index contributed by atoms with van der Waals surface area (Å²) in [4.78, 5) is 31.4. The average Bonchev–Trinajstić information content (AvgIpc) is 3.13. The fourth-order valence-corrected chi connectivity index (χ4v) is 3.02. The van der Waals surface area contributed by atoms with E-state index < -0.39 is 10.8 Å². The first-order chi connectivity index (χ1) is 13.9. The van der Waals surface area contributed by atoms with Crippen LogP contribution in [0.5, 0.6) is 0 Å². The van der Waals surface area contributed by atoms with E-state index >= 15 is 0 Å². The number of nitrogens with zero attached hydrogens (tertiary/aromatic N) is 3. The summed E-state index contributed by atoms with van der Waals surface area (Å²) in [6.07, 6.45) is 1.64. The van der Waals surface area contributed by atoms with Crippen LogP contribution in [0.3, 0.4) is 0 Å². The molecule has 0 spiro atoms. The van der Waals surface area contributed by atoms with Crippen molar-refractivity contribution in [1.82, 2.24) is 9.97 Å². The number of rotatable bonds is 4. The molecule has 4 aromatic rings. The van der Waals surface area contributed by atoms with Crippen molar-refractivity contribution >= 4 is 40.1 Å². The van der Waals surface area contributed by atoms with Gasteiger partial charge in [0.25, 0.3) is 11.6 Å². The Balaban J connectivity index is 1.61. The van der Waals surface area contributed by atoms with Gasteiger partial charge in [0.15, 0.2) is 11.2 Å². The number of nitro groups is 1. The number of amides is 1. The number of oxazole rings is 1. The van der Waals surface area contributed by atoms with Crippen LogP contribution >= 0.6 is 11.6 Å². The summed E-state index contributed by atoms with van der Waals surface area (Å²) in [6.45, 7) is 1.81. The van der Waals surface area contributed by atoms with Crippen LogP contribution in [0, 0.1) is 17.0 Å². The van der Waals surface area contributed by atoms with E-state index in [2.05, 4.69) is 15.3 Å². The molecule has 0 unspecified atom stereocenters. The van der Waals surface area contributed by atoms with E-state index in [4.69, 9.17) is 16.0 Å². The van der Waals surface area contributed by atoms with Gasteiger partial charge in [-0.3, -0.25) is 14.9 Å². The number of non-ortho nitro benzene ring substituents is 1. The molecule has 0 atom stereocenters. The molecule has 0 bridgehead atoms. The zero-order chi connectivity index (χ0) is 20.5. The van der Waals surface area contributed by atoms with Crippen LogP contribution in [-0.4, -0.2) is 20.8 Å². The van der Waals surface area contributed by atoms with Crippen molar-refractivity contribution < 1.29 is 14.1 Å². The second-order valence-electron chi connectivity index (χ2n) is 6.25. The molecule has 0 radical (unpaired) electrons. The highest BCUT2D eigenvalue weighted by Gasteiger charge is 2.17. The van der Waals surface area contributed by atoms with E-state index in [1.54, 1.807) is 30.5 Å². The standard InChI is InChI=1S/C20H13ClN4O4/c1-11-9-12(20-24-18-17(29-20)3-2-8-22-18)4-7-16(11)23-19(26)14-10-13(25(27)28)5-6-15(14)21/h2-10H,1H3,(H,23,26). The number of halogens is 1. The molecule has 0 saturated heterocycles. The minimum atomic E-state index is -0.581. The maximum atomic E-state index is 12.6. The lowest BCUT2D eigenvalue weighted by Crippen LogP contribution is -2.13. The van der Waals surface area contributed by atoms with Gasteiger partial charge in [-0.15, -0.1) is 0 Å². The van der Waals surface area contributed by atoms with E-state index in [-0.39, 0.29) is 16.3 Å². The molecule has 8 nitrogen and oxygen atoms in total. The summed E-state index contributed by atoms with van der Waals surface area (Å²) in [7, 11) is 0. The van der Waals surface area contributed by atoms with Gasteiger partial charge in [-0.1, -0.05) is 11.6 Å². The molecule has 29 heavy (non-hydrogen) atoms. The first-order valence-corrected chi connectivity index (χ1v) is 8.88. The van der Waals surface area contributed by atoms with Gasteiger partial charge in [-0.25, -0.2) is 4.98 Å². The van der Waals surface area contributed by atoms with Gasteiger partial charge < -0.3 is 9.73 Å². The van der Waals surface area contributed by atoms with Crippen molar-refractivity contribution in [3.8, 4) is 11.5 Å². The van der Waals surface area contributed by atoms with Crippen LogP contribution in [0.1, 0.15) is 15.9 Å². The highest BCUT2D eigenvalue weighted by Crippen LogP contribution is 2.28.